The topological polar surface area (TPSA) is 47.9 Å². The van der Waals surface area contributed by atoms with Crippen LogP contribution < -0.4 is 9.47 Å². The second-order valence-corrected chi connectivity index (χ2v) is 5.23. The SMILES string of the molecule is CCCOc1ccc(CO)c(OCC2CCC(C)O2)c1. The Morgan fingerprint density at radius 1 is 1.30 bits per heavy atom. The van der Waals surface area contributed by atoms with Gasteiger partial charge in [0.1, 0.15) is 18.1 Å². The number of rotatable bonds is 7. The fourth-order valence-electron chi connectivity index (χ4n) is 2.30. The minimum Gasteiger partial charge on any atom is -0.493 e. The van der Waals surface area contributed by atoms with Gasteiger partial charge in [0.25, 0.3) is 0 Å². The van der Waals surface area contributed by atoms with Gasteiger partial charge in [-0.2, -0.15) is 0 Å². The summed E-state index contributed by atoms with van der Waals surface area (Å²) in [5.41, 5.74) is 0.778. The molecule has 20 heavy (non-hydrogen) atoms. The number of hydrogen-bond donors (Lipinski definition) is 1. The Bertz CT molecular complexity index is 419. The minimum atomic E-state index is -0.0364. The standard InChI is InChI=1S/C16H24O4/c1-3-8-18-14-7-5-13(10-17)16(9-14)19-11-15-6-4-12(2)20-15/h5,7,9,12,15,17H,3-4,6,8,10-11H2,1-2H3. The van der Waals surface area contributed by atoms with Crippen LogP contribution in [-0.4, -0.2) is 30.5 Å². The number of aliphatic hydroxyl groups excluding tert-OH is 1. The van der Waals surface area contributed by atoms with Gasteiger partial charge in [0.15, 0.2) is 0 Å². The van der Waals surface area contributed by atoms with Crippen LogP contribution in [0.15, 0.2) is 18.2 Å². The van der Waals surface area contributed by atoms with E-state index in [0.717, 1.165) is 30.6 Å². The van der Waals surface area contributed by atoms with Crippen molar-refractivity contribution in [2.45, 2.75) is 51.9 Å². The van der Waals surface area contributed by atoms with E-state index >= 15 is 0 Å². The van der Waals surface area contributed by atoms with Gasteiger partial charge in [0.05, 0.1) is 25.4 Å². The molecule has 1 saturated heterocycles. The third-order valence-electron chi connectivity index (χ3n) is 3.43. The lowest BCUT2D eigenvalue weighted by molar-refractivity contribution is 0.0259. The summed E-state index contributed by atoms with van der Waals surface area (Å²) in [6.07, 6.45) is 3.55. The molecule has 0 aromatic heterocycles. The molecule has 1 aliphatic heterocycles. The van der Waals surface area contributed by atoms with Crippen LogP contribution in [0, 0.1) is 0 Å². The fraction of sp³-hybridized carbons (Fsp3) is 0.625. The zero-order valence-corrected chi connectivity index (χ0v) is 12.3. The molecule has 0 saturated carbocycles. The summed E-state index contributed by atoms with van der Waals surface area (Å²) >= 11 is 0. The lowest BCUT2D eigenvalue weighted by atomic mass is 10.2. The van der Waals surface area contributed by atoms with E-state index in [1.807, 2.05) is 18.2 Å². The third-order valence-corrected chi connectivity index (χ3v) is 3.43. The van der Waals surface area contributed by atoms with Crippen molar-refractivity contribution in [1.29, 1.82) is 0 Å². The first kappa shape index (κ1) is 15.1. The number of aliphatic hydroxyl groups is 1. The van der Waals surface area contributed by atoms with Gasteiger partial charge in [-0.1, -0.05) is 6.92 Å². The zero-order chi connectivity index (χ0) is 14.4. The van der Waals surface area contributed by atoms with E-state index in [4.69, 9.17) is 14.2 Å². The minimum absolute atomic E-state index is 0.0364. The highest BCUT2D eigenvalue weighted by molar-refractivity contribution is 5.40. The molecule has 1 N–H and O–H groups in total. The maximum atomic E-state index is 9.37. The smallest absolute Gasteiger partial charge is 0.128 e. The molecule has 1 aliphatic rings. The van der Waals surface area contributed by atoms with Crippen LogP contribution in [0.25, 0.3) is 0 Å². The van der Waals surface area contributed by atoms with Gasteiger partial charge >= 0.3 is 0 Å². The van der Waals surface area contributed by atoms with Gasteiger partial charge in [-0.15, -0.1) is 0 Å². The molecule has 4 heteroatoms. The van der Waals surface area contributed by atoms with Crippen LogP contribution in [0.1, 0.15) is 38.7 Å². The van der Waals surface area contributed by atoms with Crippen molar-refractivity contribution in [2.24, 2.45) is 0 Å². The molecule has 1 aromatic rings. The first-order chi connectivity index (χ1) is 9.72. The summed E-state index contributed by atoms with van der Waals surface area (Å²) in [5, 5.41) is 9.37. The van der Waals surface area contributed by atoms with Crippen LogP contribution in [0.5, 0.6) is 11.5 Å². The normalized spacial score (nSPS) is 21.9. The van der Waals surface area contributed by atoms with E-state index in [1.54, 1.807) is 0 Å². The van der Waals surface area contributed by atoms with Crippen LogP contribution in [-0.2, 0) is 11.3 Å². The van der Waals surface area contributed by atoms with Crippen molar-refractivity contribution < 1.29 is 19.3 Å². The highest BCUT2D eigenvalue weighted by atomic mass is 16.5. The van der Waals surface area contributed by atoms with Crippen LogP contribution in [0.3, 0.4) is 0 Å². The van der Waals surface area contributed by atoms with Crippen LogP contribution in [0.2, 0.25) is 0 Å². The van der Waals surface area contributed by atoms with Crippen molar-refractivity contribution in [2.75, 3.05) is 13.2 Å². The summed E-state index contributed by atoms with van der Waals surface area (Å²) < 4.78 is 17.1. The molecule has 0 radical (unpaired) electrons. The Morgan fingerprint density at radius 3 is 2.80 bits per heavy atom. The lowest BCUT2D eigenvalue weighted by Gasteiger charge is -2.16. The predicted octanol–water partition coefficient (Wildman–Crippen LogP) is 2.91. The Kier molecular flexibility index (Phi) is 5.68. The molecule has 1 heterocycles. The Labute approximate surface area is 120 Å². The van der Waals surface area contributed by atoms with Crippen LogP contribution in [0.4, 0.5) is 0 Å². The highest BCUT2D eigenvalue weighted by Gasteiger charge is 2.22. The molecule has 0 bridgehead atoms. The van der Waals surface area contributed by atoms with Gasteiger partial charge in [-0.05, 0) is 38.3 Å². The Morgan fingerprint density at radius 2 is 2.15 bits per heavy atom. The van der Waals surface area contributed by atoms with Gasteiger partial charge in [0.2, 0.25) is 0 Å². The molecule has 2 rings (SSSR count). The zero-order valence-electron chi connectivity index (χ0n) is 12.3. The number of ether oxygens (including phenoxy) is 3. The molecule has 2 unspecified atom stereocenters. The van der Waals surface area contributed by atoms with E-state index in [9.17, 15) is 5.11 Å². The maximum absolute atomic E-state index is 9.37. The van der Waals surface area contributed by atoms with Gasteiger partial charge < -0.3 is 19.3 Å². The lowest BCUT2D eigenvalue weighted by Crippen LogP contribution is -2.18. The third kappa shape index (κ3) is 4.12. The van der Waals surface area contributed by atoms with E-state index in [1.165, 1.54) is 0 Å². The molecule has 1 fully saturated rings. The van der Waals surface area contributed by atoms with Gasteiger partial charge in [-0.3, -0.25) is 0 Å². The molecular weight excluding hydrogens is 256 g/mol. The maximum Gasteiger partial charge on any atom is 0.128 e. The van der Waals surface area contributed by atoms with E-state index in [0.29, 0.717) is 25.1 Å². The monoisotopic (exact) mass is 280 g/mol. The van der Waals surface area contributed by atoms with E-state index in [-0.39, 0.29) is 12.7 Å². The Balaban J connectivity index is 1.96. The van der Waals surface area contributed by atoms with Gasteiger partial charge in [0, 0.05) is 11.6 Å². The second kappa shape index (κ2) is 7.50. The predicted molar refractivity (Wildman–Crippen MR) is 77.2 cm³/mol. The molecule has 0 aliphatic carbocycles. The van der Waals surface area contributed by atoms with Crippen molar-refractivity contribution in [1.82, 2.24) is 0 Å². The van der Waals surface area contributed by atoms with Crippen molar-refractivity contribution in [3.8, 4) is 11.5 Å². The van der Waals surface area contributed by atoms with Crippen LogP contribution >= 0.6 is 0 Å². The van der Waals surface area contributed by atoms with Crippen molar-refractivity contribution in [3.05, 3.63) is 23.8 Å². The largest absolute Gasteiger partial charge is 0.493 e. The summed E-state index contributed by atoms with van der Waals surface area (Å²) in [5.74, 6) is 1.46. The molecule has 1 aromatic carbocycles. The molecule has 4 nitrogen and oxygen atoms in total. The first-order valence-electron chi connectivity index (χ1n) is 7.37. The molecule has 112 valence electrons. The van der Waals surface area contributed by atoms with E-state index < -0.39 is 0 Å². The van der Waals surface area contributed by atoms with Gasteiger partial charge in [-0.25, -0.2) is 0 Å². The van der Waals surface area contributed by atoms with Crippen molar-refractivity contribution >= 4 is 0 Å². The fourth-order valence-corrected chi connectivity index (χ4v) is 2.30. The molecule has 0 amide bonds. The molecule has 0 spiro atoms. The average Bonchev–Trinajstić information content (AvgIpc) is 2.88. The van der Waals surface area contributed by atoms with E-state index in [2.05, 4.69) is 13.8 Å². The second-order valence-electron chi connectivity index (χ2n) is 5.23. The highest BCUT2D eigenvalue weighted by Crippen LogP contribution is 2.27. The Hall–Kier alpha value is -1.26. The number of hydrogen-bond acceptors (Lipinski definition) is 4. The molecule has 2 atom stereocenters. The average molecular weight is 280 g/mol. The summed E-state index contributed by atoms with van der Waals surface area (Å²) in [7, 11) is 0. The quantitative estimate of drug-likeness (QED) is 0.834. The summed E-state index contributed by atoms with van der Waals surface area (Å²) in [4.78, 5) is 0. The molecular formula is C16H24O4. The number of benzene rings is 1. The summed E-state index contributed by atoms with van der Waals surface area (Å²) in [6, 6.07) is 5.56. The first-order valence-corrected chi connectivity index (χ1v) is 7.37. The summed E-state index contributed by atoms with van der Waals surface area (Å²) in [6.45, 7) is 5.32. The van der Waals surface area contributed by atoms with Crippen molar-refractivity contribution in [3.63, 3.8) is 0 Å².